The van der Waals surface area contributed by atoms with E-state index < -0.39 is 0 Å². The summed E-state index contributed by atoms with van der Waals surface area (Å²) in [6.07, 6.45) is 0. The van der Waals surface area contributed by atoms with Gasteiger partial charge in [0, 0.05) is 15.8 Å². The molecule has 0 fully saturated rings. The zero-order chi connectivity index (χ0) is 15.4. The van der Waals surface area contributed by atoms with E-state index in [1.807, 2.05) is 6.07 Å². The van der Waals surface area contributed by atoms with Crippen LogP contribution >= 0.6 is 34.2 Å². The Morgan fingerprint density at radius 3 is 2.57 bits per heavy atom. The van der Waals surface area contributed by atoms with Crippen molar-refractivity contribution >= 4 is 39.9 Å². The molecule has 2 rings (SSSR count). The van der Waals surface area contributed by atoms with Crippen LogP contribution in [0.5, 0.6) is 11.5 Å². The molecule has 0 aromatic heterocycles. The van der Waals surface area contributed by atoms with Crippen molar-refractivity contribution in [3.05, 3.63) is 50.3 Å². The van der Waals surface area contributed by atoms with Crippen LogP contribution in [0.4, 0.5) is 10.1 Å². The maximum atomic E-state index is 13.1. The lowest BCUT2D eigenvalue weighted by Crippen LogP contribution is -2.03. The van der Waals surface area contributed by atoms with Crippen molar-refractivity contribution < 1.29 is 13.9 Å². The summed E-state index contributed by atoms with van der Waals surface area (Å²) in [7, 11) is 3.11. The van der Waals surface area contributed by atoms with Gasteiger partial charge in [0.1, 0.15) is 5.82 Å². The van der Waals surface area contributed by atoms with Crippen LogP contribution in [0.3, 0.4) is 0 Å². The van der Waals surface area contributed by atoms with Crippen molar-refractivity contribution in [1.82, 2.24) is 0 Å². The molecule has 112 valence electrons. The van der Waals surface area contributed by atoms with Gasteiger partial charge in [-0.15, -0.1) is 0 Å². The Morgan fingerprint density at radius 1 is 1.19 bits per heavy atom. The summed E-state index contributed by atoms with van der Waals surface area (Å²) < 4.78 is 24.3. The molecule has 0 radical (unpaired) electrons. The zero-order valence-electron chi connectivity index (χ0n) is 11.5. The van der Waals surface area contributed by atoms with Crippen LogP contribution < -0.4 is 14.8 Å². The van der Waals surface area contributed by atoms with Gasteiger partial charge in [-0.2, -0.15) is 0 Å². The van der Waals surface area contributed by atoms with Gasteiger partial charge in [-0.25, -0.2) is 4.39 Å². The van der Waals surface area contributed by atoms with Crippen molar-refractivity contribution in [3.63, 3.8) is 0 Å². The number of nitrogens with one attached hydrogen (secondary N) is 1. The first-order valence-electron chi connectivity index (χ1n) is 6.15. The first-order chi connectivity index (χ1) is 10.1. The van der Waals surface area contributed by atoms with Crippen molar-refractivity contribution in [1.29, 1.82) is 0 Å². The smallest absolute Gasteiger partial charge is 0.179 e. The molecule has 0 spiro atoms. The van der Waals surface area contributed by atoms with Crippen molar-refractivity contribution in [2.75, 3.05) is 19.5 Å². The second-order valence-electron chi connectivity index (χ2n) is 4.25. The fourth-order valence-corrected chi connectivity index (χ4v) is 2.86. The fraction of sp³-hybridized carbons (Fsp3) is 0.200. The van der Waals surface area contributed by atoms with E-state index in [9.17, 15) is 4.39 Å². The molecule has 0 saturated heterocycles. The third-order valence-corrected chi connectivity index (χ3v) is 4.27. The average Bonchev–Trinajstić information content (AvgIpc) is 2.47. The van der Waals surface area contributed by atoms with Crippen molar-refractivity contribution in [3.8, 4) is 11.5 Å². The minimum atomic E-state index is -0.255. The molecule has 0 aliphatic rings. The molecule has 2 aromatic rings. The summed E-state index contributed by atoms with van der Waals surface area (Å²) in [5.74, 6) is 0.837. The summed E-state index contributed by atoms with van der Waals surface area (Å²) in [4.78, 5) is 0. The Bertz CT molecular complexity index is 652. The highest BCUT2D eigenvalue weighted by Crippen LogP contribution is 2.37. The number of methoxy groups -OCH3 is 2. The first-order valence-corrected chi connectivity index (χ1v) is 7.60. The Morgan fingerprint density at radius 2 is 1.95 bits per heavy atom. The predicted octanol–water partition coefficient (Wildman–Crippen LogP) is 4.71. The van der Waals surface area contributed by atoms with Gasteiger partial charge in [-0.1, -0.05) is 17.7 Å². The topological polar surface area (TPSA) is 30.5 Å². The number of hydrogen-bond donors (Lipinski definition) is 1. The van der Waals surface area contributed by atoms with Gasteiger partial charge in [0.2, 0.25) is 0 Å². The minimum absolute atomic E-state index is 0.255. The van der Waals surface area contributed by atoms with Crippen LogP contribution in [-0.4, -0.2) is 14.2 Å². The molecule has 21 heavy (non-hydrogen) atoms. The van der Waals surface area contributed by atoms with Crippen LogP contribution in [0, 0.1) is 9.39 Å². The number of anilines is 1. The molecule has 0 aliphatic heterocycles. The SMILES string of the molecule is COc1ccc(CNc2ccc(F)cc2I)c(Cl)c1OC. The average molecular weight is 422 g/mol. The zero-order valence-corrected chi connectivity index (χ0v) is 14.5. The lowest BCUT2D eigenvalue weighted by molar-refractivity contribution is 0.355. The van der Waals surface area contributed by atoms with Gasteiger partial charge in [0.05, 0.1) is 19.2 Å². The first kappa shape index (κ1) is 16.2. The number of benzene rings is 2. The van der Waals surface area contributed by atoms with E-state index >= 15 is 0 Å². The molecule has 0 saturated carbocycles. The highest BCUT2D eigenvalue weighted by atomic mass is 127. The molecule has 0 atom stereocenters. The predicted molar refractivity (Wildman–Crippen MR) is 91.0 cm³/mol. The minimum Gasteiger partial charge on any atom is -0.493 e. The van der Waals surface area contributed by atoms with Crippen molar-refractivity contribution in [2.45, 2.75) is 6.54 Å². The van der Waals surface area contributed by atoms with Gasteiger partial charge in [-0.05, 0) is 52.4 Å². The van der Waals surface area contributed by atoms with E-state index in [1.165, 1.54) is 12.1 Å². The van der Waals surface area contributed by atoms with Gasteiger partial charge >= 0.3 is 0 Å². The van der Waals surface area contributed by atoms with E-state index in [4.69, 9.17) is 21.1 Å². The van der Waals surface area contributed by atoms with Crippen LogP contribution in [0.1, 0.15) is 5.56 Å². The van der Waals surface area contributed by atoms with Gasteiger partial charge < -0.3 is 14.8 Å². The third-order valence-electron chi connectivity index (χ3n) is 2.97. The molecule has 0 heterocycles. The quantitative estimate of drug-likeness (QED) is 0.709. The molecule has 0 unspecified atom stereocenters. The van der Waals surface area contributed by atoms with Gasteiger partial charge in [-0.3, -0.25) is 0 Å². The van der Waals surface area contributed by atoms with Crippen molar-refractivity contribution in [2.24, 2.45) is 0 Å². The molecular weight excluding hydrogens is 408 g/mol. The lowest BCUT2D eigenvalue weighted by Gasteiger charge is -2.14. The van der Waals surface area contributed by atoms with E-state index in [0.717, 1.165) is 14.8 Å². The summed E-state index contributed by atoms with van der Waals surface area (Å²) in [5, 5.41) is 3.73. The molecule has 3 nitrogen and oxygen atoms in total. The fourth-order valence-electron chi connectivity index (χ4n) is 1.89. The third kappa shape index (κ3) is 3.71. The van der Waals surface area contributed by atoms with E-state index in [-0.39, 0.29) is 5.82 Å². The lowest BCUT2D eigenvalue weighted by atomic mass is 10.2. The van der Waals surface area contributed by atoms with E-state index in [2.05, 4.69) is 27.9 Å². The Kier molecular flexibility index (Phi) is 5.52. The molecule has 2 aromatic carbocycles. The van der Waals surface area contributed by atoms with Crippen LogP contribution in [0.15, 0.2) is 30.3 Å². The molecule has 0 aliphatic carbocycles. The number of halogens is 3. The van der Waals surface area contributed by atoms with Crippen LogP contribution in [-0.2, 0) is 6.54 Å². The Hall–Kier alpha value is -1.21. The molecule has 0 amide bonds. The largest absolute Gasteiger partial charge is 0.493 e. The Labute approximate surface area is 141 Å². The maximum Gasteiger partial charge on any atom is 0.179 e. The number of rotatable bonds is 5. The second kappa shape index (κ2) is 7.17. The molecule has 6 heteroatoms. The highest BCUT2D eigenvalue weighted by molar-refractivity contribution is 14.1. The number of ether oxygens (including phenoxy) is 2. The van der Waals surface area contributed by atoms with E-state index in [0.29, 0.717) is 23.1 Å². The summed E-state index contributed by atoms with van der Waals surface area (Å²) in [5.41, 5.74) is 1.72. The summed E-state index contributed by atoms with van der Waals surface area (Å²) in [6, 6.07) is 8.26. The van der Waals surface area contributed by atoms with Crippen LogP contribution in [0.25, 0.3) is 0 Å². The molecule has 1 N–H and O–H groups in total. The van der Waals surface area contributed by atoms with E-state index in [1.54, 1.807) is 26.4 Å². The highest BCUT2D eigenvalue weighted by Gasteiger charge is 2.13. The van der Waals surface area contributed by atoms with Crippen LogP contribution in [0.2, 0.25) is 5.02 Å². The number of hydrogen-bond acceptors (Lipinski definition) is 3. The molecule has 0 bridgehead atoms. The standard InChI is InChI=1S/C15H14ClFINO2/c1-20-13-6-3-9(14(16)15(13)21-2)8-19-12-5-4-10(17)7-11(12)18/h3-7,19H,8H2,1-2H3. The maximum absolute atomic E-state index is 13.1. The molecular formula is C15H14ClFINO2. The summed E-state index contributed by atoms with van der Waals surface area (Å²) >= 11 is 8.40. The normalized spacial score (nSPS) is 10.3. The monoisotopic (exact) mass is 421 g/mol. The van der Waals surface area contributed by atoms with Gasteiger partial charge in [0.15, 0.2) is 11.5 Å². The summed E-state index contributed by atoms with van der Waals surface area (Å²) in [6.45, 7) is 0.501. The Balaban J connectivity index is 2.20. The second-order valence-corrected chi connectivity index (χ2v) is 5.79. The van der Waals surface area contributed by atoms with Gasteiger partial charge in [0.25, 0.3) is 0 Å².